The van der Waals surface area contributed by atoms with Gasteiger partial charge in [-0.15, -0.1) is 0 Å². The number of aromatic amines is 1. The van der Waals surface area contributed by atoms with Gasteiger partial charge < -0.3 is 20.9 Å². The third-order valence-corrected chi connectivity index (χ3v) is 2.51. The summed E-state index contributed by atoms with van der Waals surface area (Å²) in [6.07, 6.45) is 2.18. The number of fused-ring (bicyclic) bond motifs is 1. The highest BCUT2D eigenvalue weighted by Gasteiger charge is 2.13. The van der Waals surface area contributed by atoms with Crippen LogP contribution in [0.3, 0.4) is 0 Å². The fraction of sp³-hybridized carbons (Fsp3) is 0.500. The molecule has 0 saturated carbocycles. The van der Waals surface area contributed by atoms with Crippen molar-refractivity contribution in [1.82, 2.24) is 20.2 Å². The van der Waals surface area contributed by atoms with Crippen molar-refractivity contribution in [2.24, 2.45) is 0 Å². The van der Waals surface area contributed by atoms with E-state index >= 15 is 0 Å². The number of H-pyrrole nitrogens is 1. The summed E-state index contributed by atoms with van der Waals surface area (Å²) in [5.41, 5.74) is 6.19. The van der Waals surface area contributed by atoms with Crippen molar-refractivity contribution in [2.75, 3.05) is 31.4 Å². The lowest BCUT2D eigenvalue weighted by Crippen LogP contribution is -2.27. The Morgan fingerprint density at radius 3 is 3.11 bits per heavy atom. The molecule has 0 spiro atoms. The molecular weight excluding hydrogens is 236 g/mol. The lowest BCUT2D eigenvalue weighted by molar-refractivity contribution is 0.170. The molecule has 18 heavy (non-hydrogen) atoms. The van der Waals surface area contributed by atoms with Crippen molar-refractivity contribution in [3.8, 4) is 0 Å². The van der Waals surface area contributed by atoms with Gasteiger partial charge in [-0.1, -0.05) is 0 Å². The molecule has 2 rings (SSSR count). The first kappa shape index (κ1) is 12.5. The van der Waals surface area contributed by atoms with Crippen LogP contribution in [0.15, 0.2) is 6.20 Å². The molecule has 98 valence electrons. The molecule has 0 aliphatic heterocycles. The monoisotopic (exact) mass is 252 g/mol. The first-order valence-electron chi connectivity index (χ1n) is 5.57. The minimum absolute atomic E-state index is 0.0487. The number of nitrogens with one attached hydrogen (secondary N) is 2. The van der Waals surface area contributed by atoms with Gasteiger partial charge in [0.05, 0.1) is 24.2 Å². The van der Waals surface area contributed by atoms with Gasteiger partial charge in [-0.05, 0) is 6.42 Å². The zero-order chi connectivity index (χ0) is 13.0. The van der Waals surface area contributed by atoms with E-state index in [-0.39, 0.29) is 18.6 Å². The average molecular weight is 252 g/mol. The van der Waals surface area contributed by atoms with Crippen molar-refractivity contribution in [1.29, 1.82) is 0 Å². The molecule has 0 fully saturated rings. The van der Waals surface area contributed by atoms with Crippen molar-refractivity contribution in [3.05, 3.63) is 6.20 Å². The standard InChI is InChI=1S/C10H16N6O2/c1-18-5-6(2-3-17)13-8-7-4-12-16-9(7)15-10(11)14-8/h4,6,17H,2-3,5H2,1H3,(H4,11,12,13,14,15,16). The number of anilines is 2. The van der Waals surface area contributed by atoms with Crippen molar-refractivity contribution in [2.45, 2.75) is 12.5 Å². The number of hydrogen-bond acceptors (Lipinski definition) is 7. The largest absolute Gasteiger partial charge is 0.396 e. The van der Waals surface area contributed by atoms with Gasteiger partial charge in [-0.2, -0.15) is 15.1 Å². The van der Waals surface area contributed by atoms with Gasteiger partial charge in [-0.3, -0.25) is 5.10 Å². The van der Waals surface area contributed by atoms with Crippen LogP contribution in [0.5, 0.6) is 0 Å². The van der Waals surface area contributed by atoms with E-state index in [0.29, 0.717) is 24.5 Å². The van der Waals surface area contributed by atoms with Crippen LogP contribution in [0.25, 0.3) is 11.0 Å². The lowest BCUT2D eigenvalue weighted by atomic mass is 10.2. The molecule has 8 nitrogen and oxygen atoms in total. The highest BCUT2D eigenvalue weighted by molar-refractivity contribution is 5.86. The predicted molar refractivity (Wildman–Crippen MR) is 67.1 cm³/mol. The normalized spacial score (nSPS) is 12.8. The minimum Gasteiger partial charge on any atom is -0.396 e. The minimum atomic E-state index is -0.0487. The van der Waals surface area contributed by atoms with E-state index in [4.69, 9.17) is 15.6 Å². The maximum Gasteiger partial charge on any atom is 0.224 e. The van der Waals surface area contributed by atoms with Gasteiger partial charge in [0, 0.05) is 13.7 Å². The van der Waals surface area contributed by atoms with Crippen LogP contribution in [0, 0.1) is 0 Å². The molecule has 0 radical (unpaired) electrons. The summed E-state index contributed by atoms with van der Waals surface area (Å²) in [4.78, 5) is 8.16. The number of nitrogens with zero attached hydrogens (tertiary/aromatic N) is 3. The molecule has 0 bridgehead atoms. The lowest BCUT2D eigenvalue weighted by Gasteiger charge is -2.17. The summed E-state index contributed by atoms with van der Waals surface area (Å²) in [6.45, 7) is 0.528. The van der Waals surface area contributed by atoms with E-state index < -0.39 is 0 Å². The van der Waals surface area contributed by atoms with Gasteiger partial charge in [0.15, 0.2) is 5.65 Å². The number of aliphatic hydroxyl groups excluding tert-OH is 1. The molecular formula is C10H16N6O2. The molecule has 5 N–H and O–H groups in total. The Morgan fingerprint density at radius 1 is 1.56 bits per heavy atom. The van der Waals surface area contributed by atoms with Gasteiger partial charge in [0.1, 0.15) is 5.82 Å². The topological polar surface area (TPSA) is 122 Å². The quantitative estimate of drug-likeness (QED) is 0.559. The molecule has 0 amide bonds. The Labute approximate surface area is 104 Å². The molecule has 0 aliphatic rings. The third-order valence-electron chi connectivity index (χ3n) is 2.51. The molecule has 1 atom stereocenters. The molecule has 0 aromatic carbocycles. The number of nitrogen functional groups attached to an aromatic ring is 1. The smallest absolute Gasteiger partial charge is 0.224 e. The number of aromatic nitrogens is 4. The zero-order valence-corrected chi connectivity index (χ0v) is 10.1. The van der Waals surface area contributed by atoms with Crippen LogP contribution < -0.4 is 11.1 Å². The van der Waals surface area contributed by atoms with Crippen molar-refractivity contribution >= 4 is 22.8 Å². The molecule has 0 saturated heterocycles. The first-order chi connectivity index (χ1) is 8.74. The summed E-state index contributed by atoms with van der Waals surface area (Å²) in [6, 6.07) is -0.0487. The highest BCUT2D eigenvalue weighted by atomic mass is 16.5. The van der Waals surface area contributed by atoms with Gasteiger partial charge in [0.2, 0.25) is 5.95 Å². The van der Waals surface area contributed by atoms with E-state index in [2.05, 4.69) is 25.5 Å². The summed E-state index contributed by atoms with van der Waals surface area (Å²) < 4.78 is 5.08. The van der Waals surface area contributed by atoms with Crippen LogP contribution >= 0.6 is 0 Å². The van der Waals surface area contributed by atoms with Crippen LogP contribution in [-0.2, 0) is 4.74 Å². The summed E-state index contributed by atoms with van der Waals surface area (Å²) in [5.74, 6) is 0.746. The molecule has 2 heterocycles. The number of methoxy groups -OCH3 is 1. The number of rotatable bonds is 6. The highest BCUT2D eigenvalue weighted by Crippen LogP contribution is 2.20. The van der Waals surface area contributed by atoms with Gasteiger partial charge >= 0.3 is 0 Å². The predicted octanol–water partition coefficient (Wildman–Crippen LogP) is -0.256. The molecule has 1 unspecified atom stereocenters. The number of nitrogens with two attached hydrogens (primary N) is 1. The second kappa shape index (κ2) is 5.61. The summed E-state index contributed by atoms with van der Waals surface area (Å²) >= 11 is 0. The second-order valence-corrected chi connectivity index (χ2v) is 3.87. The maximum atomic E-state index is 9.00. The molecule has 2 aromatic rings. The number of aliphatic hydroxyl groups is 1. The van der Waals surface area contributed by atoms with E-state index in [0.717, 1.165) is 5.39 Å². The molecule has 8 heteroatoms. The van der Waals surface area contributed by atoms with E-state index in [9.17, 15) is 0 Å². The molecule has 0 aliphatic carbocycles. The first-order valence-corrected chi connectivity index (χ1v) is 5.57. The van der Waals surface area contributed by atoms with Crippen LogP contribution in [-0.4, -0.2) is 51.6 Å². The maximum absolute atomic E-state index is 9.00. The van der Waals surface area contributed by atoms with Gasteiger partial charge in [0.25, 0.3) is 0 Å². The van der Waals surface area contributed by atoms with E-state index in [1.807, 2.05) is 0 Å². The third kappa shape index (κ3) is 2.66. The fourth-order valence-corrected chi connectivity index (χ4v) is 1.71. The van der Waals surface area contributed by atoms with Crippen LogP contribution in [0.1, 0.15) is 6.42 Å². The Hall–Kier alpha value is -1.93. The number of hydrogen-bond donors (Lipinski definition) is 4. The Morgan fingerprint density at radius 2 is 2.39 bits per heavy atom. The van der Waals surface area contributed by atoms with Crippen LogP contribution in [0.2, 0.25) is 0 Å². The second-order valence-electron chi connectivity index (χ2n) is 3.87. The Kier molecular flexibility index (Phi) is 3.90. The van der Waals surface area contributed by atoms with Crippen LogP contribution in [0.4, 0.5) is 11.8 Å². The van der Waals surface area contributed by atoms with Crippen molar-refractivity contribution < 1.29 is 9.84 Å². The SMILES string of the molecule is COCC(CCO)Nc1nc(N)nc2[nH]ncc12. The van der Waals surface area contributed by atoms with Gasteiger partial charge in [-0.25, -0.2) is 0 Å². The Balaban J connectivity index is 2.26. The van der Waals surface area contributed by atoms with E-state index in [1.165, 1.54) is 0 Å². The number of ether oxygens (including phenoxy) is 1. The fourth-order valence-electron chi connectivity index (χ4n) is 1.71. The Bertz CT molecular complexity index is 508. The van der Waals surface area contributed by atoms with Crippen molar-refractivity contribution in [3.63, 3.8) is 0 Å². The average Bonchev–Trinajstić information content (AvgIpc) is 2.77. The summed E-state index contributed by atoms with van der Waals surface area (Å²) in [7, 11) is 1.60. The molecule has 2 aromatic heterocycles. The van der Waals surface area contributed by atoms with E-state index in [1.54, 1.807) is 13.3 Å². The zero-order valence-electron chi connectivity index (χ0n) is 10.1. The summed E-state index contributed by atoms with van der Waals surface area (Å²) in [5, 5.41) is 19.6.